The normalized spacial score (nSPS) is 15.1. The molecule has 0 radical (unpaired) electrons. The number of aromatic nitrogens is 3. The molecule has 1 N–H and O–H groups in total. The van der Waals surface area contributed by atoms with Gasteiger partial charge in [0.2, 0.25) is 0 Å². The second-order valence-electron chi connectivity index (χ2n) is 6.47. The van der Waals surface area contributed by atoms with Crippen molar-refractivity contribution in [2.45, 2.75) is 19.3 Å². The van der Waals surface area contributed by atoms with Gasteiger partial charge < -0.3 is 10.2 Å². The highest BCUT2D eigenvalue weighted by atomic mass is 35.5. The Bertz CT molecular complexity index is 854. The first-order valence-corrected chi connectivity index (χ1v) is 9.24. The molecule has 5 nitrogen and oxygen atoms in total. The molecule has 25 heavy (non-hydrogen) atoms. The maximum absolute atomic E-state index is 6.12. The Hall–Kier alpha value is -2.11. The van der Waals surface area contributed by atoms with E-state index >= 15 is 0 Å². The van der Waals surface area contributed by atoms with Crippen molar-refractivity contribution >= 4 is 23.1 Å². The topological polar surface area (TPSA) is 45.5 Å². The van der Waals surface area contributed by atoms with E-state index in [9.17, 15) is 0 Å². The summed E-state index contributed by atoms with van der Waals surface area (Å²) in [5, 5.41) is 8.84. The van der Waals surface area contributed by atoms with Crippen LogP contribution in [-0.2, 0) is 0 Å². The van der Waals surface area contributed by atoms with Crippen molar-refractivity contribution < 1.29 is 0 Å². The summed E-state index contributed by atoms with van der Waals surface area (Å²) in [5.74, 6) is 0.871. The lowest BCUT2D eigenvalue weighted by molar-refractivity contribution is 0.337. The summed E-state index contributed by atoms with van der Waals surface area (Å²) < 4.78 is 1.87. The number of likely N-dealkylation sites (tertiary alicyclic amines) is 1. The molecule has 0 spiro atoms. The van der Waals surface area contributed by atoms with Crippen LogP contribution in [-0.4, -0.2) is 45.7 Å². The molecule has 0 saturated carbocycles. The van der Waals surface area contributed by atoms with Gasteiger partial charge in [0.15, 0.2) is 5.65 Å². The van der Waals surface area contributed by atoms with Gasteiger partial charge in [-0.1, -0.05) is 23.7 Å². The van der Waals surface area contributed by atoms with Crippen LogP contribution in [0.5, 0.6) is 0 Å². The van der Waals surface area contributed by atoms with Gasteiger partial charge in [-0.15, -0.1) is 5.10 Å². The van der Waals surface area contributed by atoms with Gasteiger partial charge in [0.1, 0.15) is 5.82 Å². The van der Waals surface area contributed by atoms with E-state index in [-0.39, 0.29) is 0 Å². The average molecular weight is 356 g/mol. The summed E-state index contributed by atoms with van der Waals surface area (Å²) in [4.78, 5) is 6.97. The van der Waals surface area contributed by atoms with Crippen molar-refractivity contribution in [1.82, 2.24) is 19.5 Å². The molecule has 3 aromatic rings. The molecule has 1 aromatic carbocycles. The average Bonchev–Trinajstić information content (AvgIpc) is 3.28. The smallest absolute Gasteiger partial charge is 0.154 e. The van der Waals surface area contributed by atoms with Gasteiger partial charge >= 0.3 is 0 Å². The lowest BCUT2D eigenvalue weighted by atomic mass is 10.2. The predicted octanol–water partition coefficient (Wildman–Crippen LogP) is 3.95. The number of anilines is 1. The van der Waals surface area contributed by atoms with E-state index < -0.39 is 0 Å². The fourth-order valence-corrected chi connectivity index (χ4v) is 3.53. The van der Waals surface area contributed by atoms with E-state index in [0.717, 1.165) is 42.2 Å². The predicted molar refractivity (Wildman–Crippen MR) is 102 cm³/mol. The van der Waals surface area contributed by atoms with Crippen molar-refractivity contribution in [3.05, 3.63) is 47.6 Å². The fourth-order valence-electron chi connectivity index (χ4n) is 3.34. The molecule has 0 atom stereocenters. The summed E-state index contributed by atoms with van der Waals surface area (Å²) in [6, 6.07) is 11.7. The zero-order valence-corrected chi connectivity index (χ0v) is 14.9. The van der Waals surface area contributed by atoms with Crippen molar-refractivity contribution in [3.63, 3.8) is 0 Å². The molecular formula is C19H22ClN5. The van der Waals surface area contributed by atoms with Crippen molar-refractivity contribution in [2.75, 3.05) is 31.5 Å². The fraction of sp³-hybridized carbons (Fsp3) is 0.368. The van der Waals surface area contributed by atoms with E-state index in [4.69, 9.17) is 16.7 Å². The van der Waals surface area contributed by atoms with Crippen LogP contribution in [0.15, 0.2) is 42.6 Å². The Morgan fingerprint density at radius 1 is 1.12 bits per heavy atom. The Morgan fingerprint density at radius 2 is 2.00 bits per heavy atom. The van der Waals surface area contributed by atoms with E-state index in [0.29, 0.717) is 5.02 Å². The van der Waals surface area contributed by atoms with Crippen LogP contribution in [0.25, 0.3) is 16.9 Å². The zero-order valence-electron chi connectivity index (χ0n) is 14.2. The number of fused-ring (bicyclic) bond motifs is 1. The van der Waals surface area contributed by atoms with Crippen LogP contribution in [0, 0.1) is 0 Å². The minimum Gasteiger partial charge on any atom is -0.369 e. The minimum atomic E-state index is 0.712. The van der Waals surface area contributed by atoms with E-state index in [1.807, 2.05) is 47.1 Å². The van der Waals surface area contributed by atoms with Crippen LogP contribution < -0.4 is 5.32 Å². The first-order chi connectivity index (χ1) is 12.3. The Balaban J connectivity index is 1.46. The van der Waals surface area contributed by atoms with Crippen molar-refractivity contribution in [1.29, 1.82) is 0 Å². The van der Waals surface area contributed by atoms with E-state index in [2.05, 4.69) is 15.2 Å². The van der Waals surface area contributed by atoms with E-state index in [1.54, 1.807) is 0 Å². The first-order valence-electron chi connectivity index (χ1n) is 8.86. The summed E-state index contributed by atoms with van der Waals surface area (Å²) in [6.07, 6.45) is 5.66. The zero-order chi connectivity index (χ0) is 17.1. The molecule has 1 aliphatic heterocycles. The molecule has 0 unspecified atom stereocenters. The van der Waals surface area contributed by atoms with Crippen LogP contribution in [0.3, 0.4) is 0 Å². The number of hydrogen-bond acceptors (Lipinski definition) is 4. The highest BCUT2D eigenvalue weighted by Gasteiger charge is 2.11. The third-order valence-corrected chi connectivity index (χ3v) is 4.87. The first kappa shape index (κ1) is 16.4. The lowest BCUT2D eigenvalue weighted by Crippen LogP contribution is -2.22. The number of nitrogens with zero attached hydrogens (tertiary/aromatic N) is 4. The number of hydrogen-bond donors (Lipinski definition) is 1. The molecule has 3 heterocycles. The maximum Gasteiger partial charge on any atom is 0.154 e. The third-order valence-electron chi connectivity index (χ3n) is 4.64. The Morgan fingerprint density at radius 3 is 2.84 bits per heavy atom. The number of nitrogens with one attached hydrogen (secondary N) is 1. The SMILES string of the molecule is Clc1cccc(-c2cnc3ccc(NCCCN4CCCC4)nn23)c1. The second-order valence-corrected chi connectivity index (χ2v) is 6.91. The van der Waals surface area contributed by atoms with Gasteiger partial charge in [-0.2, -0.15) is 0 Å². The quantitative estimate of drug-likeness (QED) is 0.680. The Labute approximate surface area is 152 Å². The van der Waals surface area contributed by atoms with Gasteiger partial charge in [-0.25, -0.2) is 9.50 Å². The third kappa shape index (κ3) is 3.78. The Kier molecular flexibility index (Phi) is 4.85. The highest BCUT2D eigenvalue weighted by Crippen LogP contribution is 2.23. The monoisotopic (exact) mass is 355 g/mol. The number of imidazole rings is 1. The molecule has 6 heteroatoms. The number of benzene rings is 1. The van der Waals surface area contributed by atoms with Gasteiger partial charge in [0.25, 0.3) is 0 Å². The standard InChI is InChI=1S/C19H22ClN5/c20-16-6-3-5-15(13-16)17-14-22-19-8-7-18(23-25(17)19)21-9-4-12-24-10-1-2-11-24/h3,5-8,13-14H,1-2,4,9-12H2,(H,21,23). The summed E-state index contributed by atoms with van der Waals surface area (Å²) >= 11 is 6.12. The van der Waals surface area contributed by atoms with Gasteiger partial charge in [0.05, 0.1) is 11.9 Å². The van der Waals surface area contributed by atoms with E-state index in [1.165, 1.54) is 25.9 Å². The van der Waals surface area contributed by atoms with Crippen molar-refractivity contribution in [2.24, 2.45) is 0 Å². The highest BCUT2D eigenvalue weighted by molar-refractivity contribution is 6.30. The van der Waals surface area contributed by atoms with Crippen molar-refractivity contribution in [3.8, 4) is 11.3 Å². The summed E-state index contributed by atoms with van der Waals surface area (Å²) in [5.41, 5.74) is 2.79. The maximum atomic E-state index is 6.12. The molecule has 0 amide bonds. The number of halogens is 1. The molecule has 1 saturated heterocycles. The van der Waals surface area contributed by atoms with Crippen LogP contribution in [0.4, 0.5) is 5.82 Å². The largest absolute Gasteiger partial charge is 0.369 e. The second kappa shape index (κ2) is 7.42. The van der Waals surface area contributed by atoms with Gasteiger partial charge in [-0.05, 0) is 63.2 Å². The molecule has 4 rings (SSSR count). The lowest BCUT2D eigenvalue weighted by Gasteiger charge is -2.14. The molecule has 1 fully saturated rings. The van der Waals surface area contributed by atoms with Crippen LogP contribution in [0.2, 0.25) is 5.02 Å². The summed E-state index contributed by atoms with van der Waals surface area (Å²) in [7, 11) is 0. The van der Waals surface area contributed by atoms with Crippen LogP contribution >= 0.6 is 11.6 Å². The molecule has 0 bridgehead atoms. The molecule has 130 valence electrons. The summed E-state index contributed by atoms with van der Waals surface area (Å²) in [6.45, 7) is 4.59. The minimum absolute atomic E-state index is 0.712. The van der Waals surface area contributed by atoms with Crippen LogP contribution in [0.1, 0.15) is 19.3 Å². The molecule has 0 aliphatic carbocycles. The molecule has 2 aromatic heterocycles. The molecule has 1 aliphatic rings. The van der Waals surface area contributed by atoms with Gasteiger partial charge in [-0.3, -0.25) is 0 Å². The number of rotatable bonds is 6. The molecular weight excluding hydrogens is 334 g/mol. The van der Waals surface area contributed by atoms with Gasteiger partial charge in [0, 0.05) is 17.1 Å².